The Kier molecular flexibility index (Phi) is 5.66. The minimum Gasteiger partial charge on any atom is -0.383 e. The van der Waals surface area contributed by atoms with Crippen LogP contribution < -0.4 is 0 Å². The van der Waals surface area contributed by atoms with Gasteiger partial charge in [0.1, 0.15) is 0 Å². The first-order chi connectivity index (χ1) is 12.0. The summed E-state index contributed by atoms with van der Waals surface area (Å²) in [7, 11) is 1.69. The van der Waals surface area contributed by atoms with E-state index in [1.165, 1.54) is 0 Å². The Bertz CT molecular complexity index is 862. The Morgan fingerprint density at radius 3 is 2.76 bits per heavy atom. The lowest BCUT2D eigenvalue weighted by molar-refractivity contribution is 0.186. The Hall–Kier alpha value is -1.57. The monoisotopic (exact) mass is 380 g/mol. The van der Waals surface area contributed by atoms with Crippen LogP contribution in [0.2, 0.25) is 5.02 Å². The van der Waals surface area contributed by atoms with Gasteiger partial charge >= 0.3 is 0 Å². The van der Waals surface area contributed by atoms with Crippen molar-refractivity contribution in [2.45, 2.75) is 43.6 Å². The minimum absolute atomic E-state index is 0.00595. The second-order valence-corrected chi connectivity index (χ2v) is 7.82. The number of hydrogen-bond acceptors (Lipinski definition) is 6. The van der Waals surface area contributed by atoms with E-state index in [-0.39, 0.29) is 11.2 Å². The molecule has 0 N–H and O–H groups in total. The van der Waals surface area contributed by atoms with Crippen LogP contribution in [0.15, 0.2) is 27.9 Å². The van der Waals surface area contributed by atoms with Crippen molar-refractivity contribution >= 4 is 34.4 Å². The van der Waals surface area contributed by atoms with E-state index in [0.29, 0.717) is 24.1 Å². The lowest BCUT2D eigenvalue weighted by Gasteiger charge is -2.10. The van der Waals surface area contributed by atoms with Gasteiger partial charge in [0.25, 0.3) is 0 Å². The zero-order valence-corrected chi connectivity index (χ0v) is 16.3. The number of thioether (sulfide) groups is 1. The molecule has 3 rings (SSSR count). The molecule has 1 atom stereocenters. The molecule has 0 fully saturated rings. The van der Waals surface area contributed by atoms with Crippen molar-refractivity contribution in [1.82, 2.24) is 19.7 Å². The maximum atomic E-state index is 6.10. The molecule has 0 aliphatic rings. The Balaban J connectivity index is 1.90. The molecule has 25 heavy (non-hydrogen) atoms. The van der Waals surface area contributed by atoms with Gasteiger partial charge < -0.3 is 13.8 Å². The van der Waals surface area contributed by atoms with Crippen LogP contribution in [0.1, 0.15) is 43.7 Å². The van der Waals surface area contributed by atoms with E-state index in [1.54, 1.807) is 18.9 Å². The molecular weight excluding hydrogens is 360 g/mol. The SMILES string of the molecule is COCCn1c(SC(C)c2nc(C(C)C)no2)nc2cc(Cl)ccc21. The fourth-order valence-electron chi connectivity index (χ4n) is 2.42. The van der Waals surface area contributed by atoms with Crippen molar-refractivity contribution in [3.8, 4) is 0 Å². The first-order valence-corrected chi connectivity index (χ1v) is 9.40. The zero-order valence-electron chi connectivity index (χ0n) is 14.7. The molecule has 2 heterocycles. The summed E-state index contributed by atoms with van der Waals surface area (Å²) in [6.45, 7) is 7.44. The van der Waals surface area contributed by atoms with Gasteiger partial charge in [0.05, 0.1) is 22.9 Å². The Morgan fingerprint density at radius 1 is 1.28 bits per heavy atom. The lowest BCUT2D eigenvalue weighted by atomic mass is 10.2. The van der Waals surface area contributed by atoms with Gasteiger partial charge in [-0.15, -0.1) is 0 Å². The molecule has 8 heteroatoms. The molecular formula is C17H21ClN4O2S. The average Bonchev–Trinajstić information content (AvgIpc) is 3.17. The van der Waals surface area contributed by atoms with E-state index < -0.39 is 0 Å². The summed E-state index contributed by atoms with van der Waals surface area (Å²) in [5.74, 6) is 1.57. The molecule has 0 saturated heterocycles. The molecule has 0 aliphatic carbocycles. The highest BCUT2D eigenvalue weighted by atomic mass is 35.5. The molecule has 1 aromatic carbocycles. The van der Waals surface area contributed by atoms with Gasteiger partial charge in [-0.1, -0.05) is 42.4 Å². The summed E-state index contributed by atoms with van der Waals surface area (Å²) in [4.78, 5) is 9.21. The fourth-order valence-corrected chi connectivity index (χ4v) is 3.57. The van der Waals surface area contributed by atoms with Crippen LogP contribution >= 0.6 is 23.4 Å². The highest BCUT2D eigenvalue weighted by molar-refractivity contribution is 7.99. The normalized spacial score (nSPS) is 13.0. The van der Waals surface area contributed by atoms with Crippen LogP contribution in [0.25, 0.3) is 11.0 Å². The molecule has 0 aliphatic heterocycles. The zero-order chi connectivity index (χ0) is 18.0. The lowest BCUT2D eigenvalue weighted by Crippen LogP contribution is -2.06. The van der Waals surface area contributed by atoms with E-state index in [0.717, 1.165) is 22.0 Å². The van der Waals surface area contributed by atoms with Gasteiger partial charge in [-0.2, -0.15) is 4.98 Å². The van der Waals surface area contributed by atoms with Crippen LogP contribution in [-0.2, 0) is 11.3 Å². The molecule has 0 spiro atoms. The van der Waals surface area contributed by atoms with Crippen molar-refractivity contribution in [2.24, 2.45) is 0 Å². The van der Waals surface area contributed by atoms with Crippen molar-refractivity contribution in [3.63, 3.8) is 0 Å². The number of hydrogen-bond donors (Lipinski definition) is 0. The van der Waals surface area contributed by atoms with E-state index in [1.807, 2.05) is 39.0 Å². The molecule has 0 radical (unpaired) electrons. The van der Waals surface area contributed by atoms with Crippen molar-refractivity contribution in [2.75, 3.05) is 13.7 Å². The number of fused-ring (bicyclic) bond motifs is 1. The van der Waals surface area contributed by atoms with E-state index in [2.05, 4.69) is 14.7 Å². The number of ether oxygens (including phenoxy) is 1. The minimum atomic E-state index is -0.00595. The Labute approximate surface area is 155 Å². The maximum absolute atomic E-state index is 6.10. The van der Waals surface area contributed by atoms with Crippen LogP contribution in [0.4, 0.5) is 0 Å². The standard InChI is InChI=1S/C17H21ClN4O2S/c1-10(2)15-20-16(24-21-15)11(3)25-17-19-13-9-12(18)5-6-14(13)22(17)7-8-23-4/h5-6,9-11H,7-8H2,1-4H3. The molecule has 0 saturated carbocycles. The highest BCUT2D eigenvalue weighted by Crippen LogP contribution is 2.36. The van der Waals surface area contributed by atoms with Gasteiger partial charge in [0, 0.05) is 24.6 Å². The number of halogens is 1. The van der Waals surface area contributed by atoms with Gasteiger partial charge in [0.2, 0.25) is 5.89 Å². The van der Waals surface area contributed by atoms with Crippen molar-refractivity contribution in [1.29, 1.82) is 0 Å². The topological polar surface area (TPSA) is 66.0 Å². The summed E-state index contributed by atoms with van der Waals surface area (Å²) in [5, 5.41) is 5.59. The van der Waals surface area contributed by atoms with Gasteiger partial charge in [-0.05, 0) is 25.1 Å². The Morgan fingerprint density at radius 2 is 2.08 bits per heavy atom. The molecule has 0 bridgehead atoms. The summed E-state index contributed by atoms with van der Waals surface area (Å²) >= 11 is 7.69. The van der Waals surface area contributed by atoms with Gasteiger partial charge in [0.15, 0.2) is 11.0 Å². The van der Waals surface area contributed by atoms with Crippen LogP contribution in [0.3, 0.4) is 0 Å². The van der Waals surface area contributed by atoms with Crippen LogP contribution in [0, 0.1) is 0 Å². The summed E-state index contributed by atoms with van der Waals surface area (Å²) in [6.07, 6.45) is 0. The third-order valence-electron chi connectivity index (χ3n) is 3.80. The second-order valence-electron chi connectivity index (χ2n) is 6.08. The number of nitrogens with zero attached hydrogens (tertiary/aromatic N) is 4. The van der Waals surface area contributed by atoms with Crippen LogP contribution in [-0.4, -0.2) is 33.4 Å². The summed E-state index contributed by atoms with van der Waals surface area (Å²) < 4.78 is 12.8. The number of imidazole rings is 1. The van der Waals surface area contributed by atoms with Crippen LogP contribution in [0.5, 0.6) is 0 Å². The average molecular weight is 381 g/mol. The fraction of sp³-hybridized carbons (Fsp3) is 0.471. The number of aromatic nitrogens is 4. The predicted octanol–water partition coefficient (Wildman–Crippen LogP) is 4.70. The molecule has 2 aromatic heterocycles. The summed E-state index contributed by atoms with van der Waals surface area (Å²) in [5.41, 5.74) is 1.90. The smallest absolute Gasteiger partial charge is 0.239 e. The predicted molar refractivity (Wildman–Crippen MR) is 99.3 cm³/mol. The van der Waals surface area contributed by atoms with E-state index in [4.69, 9.17) is 25.8 Å². The molecule has 3 aromatic rings. The molecule has 0 amide bonds. The number of methoxy groups -OCH3 is 1. The van der Waals surface area contributed by atoms with E-state index in [9.17, 15) is 0 Å². The first kappa shape index (κ1) is 18.2. The molecule has 134 valence electrons. The first-order valence-electron chi connectivity index (χ1n) is 8.14. The third kappa shape index (κ3) is 3.99. The van der Waals surface area contributed by atoms with E-state index >= 15 is 0 Å². The van der Waals surface area contributed by atoms with Gasteiger partial charge in [-0.3, -0.25) is 0 Å². The molecule has 1 unspecified atom stereocenters. The number of benzene rings is 1. The largest absolute Gasteiger partial charge is 0.383 e. The maximum Gasteiger partial charge on any atom is 0.239 e. The third-order valence-corrected chi connectivity index (χ3v) is 5.11. The quantitative estimate of drug-likeness (QED) is 0.553. The second kappa shape index (κ2) is 7.76. The highest BCUT2D eigenvalue weighted by Gasteiger charge is 2.21. The van der Waals surface area contributed by atoms with Gasteiger partial charge in [-0.25, -0.2) is 4.98 Å². The molecule has 6 nitrogen and oxygen atoms in total. The van der Waals surface area contributed by atoms with Crippen molar-refractivity contribution in [3.05, 3.63) is 34.9 Å². The summed E-state index contributed by atoms with van der Waals surface area (Å²) in [6, 6.07) is 5.73. The van der Waals surface area contributed by atoms with Crippen molar-refractivity contribution < 1.29 is 9.26 Å². The number of rotatable bonds is 7.